The van der Waals surface area contributed by atoms with Crippen LogP contribution in [0.1, 0.15) is 45.0 Å². The van der Waals surface area contributed by atoms with Crippen molar-refractivity contribution in [1.29, 1.82) is 0 Å². The van der Waals surface area contributed by atoms with Crippen molar-refractivity contribution < 1.29 is 0 Å². The molecule has 1 aromatic heterocycles. The number of hydrogen-bond donors (Lipinski definition) is 1. The lowest BCUT2D eigenvalue weighted by atomic mass is 9.94. The Hall–Kier alpha value is -0.830. The molecule has 0 fully saturated rings. The van der Waals surface area contributed by atoms with Crippen molar-refractivity contribution in [2.24, 2.45) is 13.0 Å². The van der Waals surface area contributed by atoms with E-state index in [1.165, 1.54) is 18.5 Å². The van der Waals surface area contributed by atoms with Crippen molar-refractivity contribution in [3.8, 4) is 0 Å². The molecule has 0 radical (unpaired) electrons. The van der Waals surface area contributed by atoms with Crippen LogP contribution in [-0.4, -0.2) is 22.4 Å². The van der Waals surface area contributed by atoms with E-state index in [-0.39, 0.29) is 0 Å². The first-order valence-corrected chi connectivity index (χ1v) is 6.81. The first-order chi connectivity index (χ1) is 8.08. The van der Waals surface area contributed by atoms with Gasteiger partial charge in [-0.25, -0.2) is 0 Å². The Morgan fingerprint density at radius 1 is 1.41 bits per heavy atom. The monoisotopic (exact) mass is 237 g/mol. The molecule has 0 bridgehead atoms. The van der Waals surface area contributed by atoms with Crippen LogP contribution in [0.3, 0.4) is 0 Å². The predicted molar refractivity (Wildman–Crippen MR) is 73.2 cm³/mol. The Morgan fingerprint density at radius 2 is 2.12 bits per heavy atom. The molecule has 0 saturated heterocycles. The normalized spacial score (nSPS) is 14.9. The summed E-state index contributed by atoms with van der Waals surface area (Å²) in [5, 5.41) is 8.08. The minimum Gasteiger partial charge on any atom is -0.313 e. The fourth-order valence-electron chi connectivity index (χ4n) is 2.17. The van der Waals surface area contributed by atoms with Crippen LogP contribution in [0, 0.1) is 12.8 Å². The lowest BCUT2D eigenvalue weighted by molar-refractivity contribution is 0.359. The molecule has 2 unspecified atom stereocenters. The van der Waals surface area contributed by atoms with Gasteiger partial charge >= 0.3 is 0 Å². The molecule has 98 valence electrons. The van der Waals surface area contributed by atoms with Gasteiger partial charge in [0.15, 0.2) is 0 Å². The van der Waals surface area contributed by atoms with Crippen LogP contribution < -0.4 is 5.32 Å². The maximum atomic E-state index is 4.42. The van der Waals surface area contributed by atoms with Gasteiger partial charge in [0.1, 0.15) is 0 Å². The molecule has 3 nitrogen and oxygen atoms in total. The highest BCUT2D eigenvalue weighted by Crippen LogP contribution is 2.14. The molecule has 0 aliphatic carbocycles. The van der Waals surface area contributed by atoms with Crippen molar-refractivity contribution >= 4 is 0 Å². The average Bonchev–Trinajstić information content (AvgIpc) is 2.62. The van der Waals surface area contributed by atoms with Crippen molar-refractivity contribution in [1.82, 2.24) is 15.1 Å². The summed E-state index contributed by atoms with van der Waals surface area (Å²) < 4.78 is 2.01. The molecule has 0 amide bonds. The summed E-state index contributed by atoms with van der Waals surface area (Å²) in [5.41, 5.74) is 2.44. The van der Waals surface area contributed by atoms with Crippen LogP contribution in [0.15, 0.2) is 6.07 Å². The van der Waals surface area contributed by atoms with E-state index in [0.717, 1.165) is 18.7 Å². The van der Waals surface area contributed by atoms with E-state index < -0.39 is 0 Å². The van der Waals surface area contributed by atoms with Gasteiger partial charge in [-0.1, -0.05) is 27.2 Å². The molecular formula is C14H27N3. The van der Waals surface area contributed by atoms with Crippen molar-refractivity contribution in [2.75, 3.05) is 6.54 Å². The van der Waals surface area contributed by atoms with E-state index in [0.29, 0.717) is 12.0 Å². The zero-order chi connectivity index (χ0) is 12.8. The number of nitrogens with zero attached hydrogens (tertiary/aromatic N) is 2. The first-order valence-electron chi connectivity index (χ1n) is 6.81. The highest BCUT2D eigenvalue weighted by Gasteiger charge is 2.17. The fourth-order valence-corrected chi connectivity index (χ4v) is 2.17. The number of nitrogens with one attached hydrogen (secondary N) is 1. The molecule has 0 aliphatic heterocycles. The third kappa shape index (κ3) is 4.15. The molecule has 0 spiro atoms. The largest absolute Gasteiger partial charge is 0.313 e. The fraction of sp³-hybridized carbons (Fsp3) is 0.786. The SMILES string of the molecule is CCCNC(Cc1cc(C)nn1C)C(C)CC. The minimum absolute atomic E-state index is 0.565. The second-order valence-electron chi connectivity index (χ2n) is 5.05. The zero-order valence-electron chi connectivity index (χ0n) is 12.0. The van der Waals surface area contributed by atoms with E-state index in [1.807, 2.05) is 11.7 Å². The Kier molecular flexibility index (Phi) is 5.69. The Morgan fingerprint density at radius 3 is 2.59 bits per heavy atom. The van der Waals surface area contributed by atoms with Crippen LogP contribution in [0.5, 0.6) is 0 Å². The van der Waals surface area contributed by atoms with Crippen molar-refractivity contribution in [3.63, 3.8) is 0 Å². The van der Waals surface area contributed by atoms with Gasteiger partial charge in [0.05, 0.1) is 5.69 Å². The molecular weight excluding hydrogens is 210 g/mol. The molecule has 2 atom stereocenters. The Labute approximate surface area is 106 Å². The van der Waals surface area contributed by atoms with E-state index in [1.54, 1.807) is 0 Å². The third-order valence-electron chi connectivity index (χ3n) is 3.52. The van der Waals surface area contributed by atoms with Gasteiger partial charge in [-0.3, -0.25) is 4.68 Å². The Balaban J connectivity index is 2.67. The number of aromatic nitrogens is 2. The second-order valence-corrected chi connectivity index (χ2v) is 5.05. The molecule has 0 saturated carbocycles. The summed E-state index contributed by atoms with van der Waals surface area (Å²) in [7, 11) is 2.04. The first kappa shape index (κ1) is 14.2. The third-order valence-corrected chi connectivity index (χ3v) is 3.52. The minimum atomic E-state index is 0.565. The van der Waals surface area contributed by atoms with Crippen LogP contribution in [0.4, 0.5) is 0 Å². The highest BCUT2D eigenvalue weighted by molar-refractivity contribution is 5.10. The summed E-state index contributed by atoms with van der Waals surface area (Å²) in [6.45, 7) is 9.97. The number of aryl methyl sites for hydroxylation is 2. The molecule has 3 heteroatoms. The van der Waals surface area contributed by atoms with E-state index in [2.05, 4.69) is 44.2 Å². The van der Waals surface area contributed by atoms with Crippen LogP contribution in [0.2, 0.25) is 0 Å². The molecule has 0 aliphatic rings. The summed E-state index contributed by atoms with van der Waals surface area (Å²) in [5.74, 6) is 0.705. The molecule has 17 heavy (non-hydrogen) atoms. The Bertz CT molecular complexity index is 330. The quantitative estimate of drug-likeness (QED) is 0.790. The van der Waals surface area contributed by atoms with Gasteiger partial charge in [0.25, 0.3) is 0 Å². The molecule has 1 rings (SSSR count). The average molecular weight is 237 g/mol. The zero-order valence-corrected chi connectivity index (χ0v) is 12.0. The summed E-state index contributed by atoms with van der Waals surface area (Å²) >= 11 is 0. The van der Waals surface area contributed by atoms with Crippen LogP contribution in [-0.2, 0) is 13.5 Å². The van der Waals surface area contributed by atoms with Crippen LogP contribution >= 0.6 is 0 Å². The molecule has 1 N–H and O–H groups in total. The van der Waals surface area contributed by atoms with Gasteiger partial charge < -0.3 is 5.32 Å². The summed E-state index contributed by atoms with van der Waals surface area (Å²) in [6.07, 6.45) is 3.49. The maximum absolute atomic E-state index is 4.42. The van der Waals surface area contributed by atoms with Crippen molar-refractivity contribution in [3.05, 3.63) is 17.5 Å². The highest BCUT2D eigenvalue weighted by atomic mass is 15.3. The van der Waals surface area contributed by atoms with E-state index >= 15 is 0 Å². The second kappa shape index (κ2) is 6.80. The standard InChI is InChI=1S/C14H27N3/c1-6-8-15-14(11(3)7-2)10-13-9-12(4)16-17(13)5/h9,11,14-15H,6-8,10H2,1-5H3. The van der Waals surface area contributed by atoms with Gasteiger partial charge in [-0.15, -0.1) is 0 Å². The smallest absolute Gasteiger partial charge is 0.0596 e. The van der Waals surface area contributed by atoms with Gasteiger partial charge in [-0.05, 0) is 31.9 Å². The van der Waals surface area contributed by atoms with Crippen LogP contribution in [0.25, 0.3) is 0 Å². The summed E-state index contributed by atoms with van der Waals surface area (Å²) in [6, 6.07) is 2.76. The van der Waals surface area contributed by atoms with Gasteiger partial charge in [0, 0.05) is 25.2 Å². The summed E-state index contributed by atoms with van der Waals surface area (Å²) in [4.78, 5) is 0. The molecule has 1 heterocycles. The van der Waals surface area contributed by atoms with Gasteiger partial charge in [-0.2, -0.15) is 5.10 Å². The number of hydrogen-bond acceptors (Lipinski definition) is 2. The maximum Gasteiger partial charge on any atom is 0.0596 e. The topological polar surface area (TPSA) is 29.9 Å². The van der Waals surface area contributed by atoms with E-state index in [4.69, 9.17) is 0 Å². The van der Waals surface area contributed by atoms with Crippen molar-refractivity contribution in [2.45, 2.75) is 53.0 Å². The number of rotatable bonds is 7. The lowest BCUT2D eigenvalue weighted by Gasteiger charge is -2.24. The molecule has 1 aromatic rings. The van der Waals surface area contributed by atoms with Gasteiger partial charge in [0.2, 0.25) is 0 Å². The van der Waals surface area contributed by atoms with E-state index in [9.17, 15) is 0 Å². The lowest BCUT2D eigenvalue weighted by Crippen LogP contribution is -2.37. The molecule has 0 aromatic carbocycles. The predicted octanol–water partition coefficient (Wildman–Crippen LogP) is 2.69.